The molecule has 0 aliphatic carbocycles. The highest BCUT2D eigenvalue weighted by Gasteiger charge is 2.32. The van der Waals surface area contributed by atoms with Crippen molar-refractivity contribution in [1.29, 1.82) is 5.26 Å². The van der Waals surface area contributed by atoms with Gasteiger partial charge in [-0.2, -0.15) is 5.26 Å². The fourth-order valence-corrected chi connectivity index (χ4v) is 1.78. The molecule has 0 radical (unpaired) electrons. The molecule has 0 amide bonds. The first-order valence-electron chi connectivity index (χ1n) is 5.89. The molecule has 18 heavy (non-hydrogen) atoms. The molecule has 3 nitrogen and oxygen atoms in total. The SMILES string of the molecule is COc1ccc(C)cc1C(C#N)C(=O)C(C)(C)C. The average Bonchev–Trinajstić information content (AvgIpc) is 2.29. The molecule has 0 saturated carbocycles. The van der Waals surface area contributed by atoms with Gasteiger partial charge < -0.3 is 4.74 Å². The highest BCUT2D eigenvalue weighted by molar-refractivity contribution is 5.93. The molecule has 0 fully saturated rings. The Morgan fingerprint density at radius 3 is 2.44 bits per heavy atom. The van der Waals surface area contributed by atoms with E-state index >= 15 is 0 Å². The number of hydrogen-bond donors (Lipinski definition) is 0. The van der Waals surface area contributed by atoms with E-state index in [0.717, 1.165) is 5.56 Å². The van der Waals surface area contributed by atoms with E-state index in [1.54, 1.807) is 13.2 Å². The van der Waals surface area contributed by atoms with Crippen molar-refractivity contribution in [2.75, 3.05) is 7.11 Å². The van der Waals surface area contributed by atoms with E-state index in [4.69, 9.17) is 4.74 Å². The van der Waals surface area contributed by atoms with Gasteiger partial charge >= 0.3 is 0 Å². The first-order chi connectivity index (χ1) is 8.31. The second-order valence-electron chi connectivity index (χ2n) is 5.42. The van der Waals surface area contributed by atoms with Crippen LogP contribution in [0.25, 0.3) is 0 Å². The van der Waals surface area contributed by atoms with Crippen LogP contribution in [0.1, 0.15) is 37.8 Å². The van der Waals surface area contributed by atoms with Gasteiger partial charge in [-0.3, -0.25) is 4.79 Å². The van der Waals surface area contributed by atoms with Gasteiger partial charge in [0.1, 0.15) is 11.7 Å². The summed E-state index contributed by atoms with van der Waals surface area (Å²) in [6.07, 6.45) is 0. The predicted octanol–water partition coefficient (Wildman–Crippen LogP) is 3.23. The van der Waals surface area contributed by atoms with Crippen LogP contribution >= 0.6 is 0 Å². The summed E-state index contributed by atoms with van der Waals surface area (Å²) in [4.78, 5) is 12.3. The van der Waals surface area contributed by atoms with E-state index in [1.165, 1.54) is 0 Å². The number of carbonyl (C=O) groups excluding carboxylic acids is 1. The maximum Gasteiger partial charge on any atom is 0.159 e. The Kier molecular flexibility index (Phi) is 4.13. The van der Waals surface area contributed by atoms with Crippen molar-refractivity contribution in [3.63, 3.8) is 0 Å². The molecule has 1 unspecified atom stereocenters. The fourth-order valence-electron chi connectivity index (χ4n) is 1.78. The number of ether oxygens (including phenoxy) is 1. The maximum atomic E-state index is 12.3. The van der Waals surface area contributed by atoms with Crippen molar-refractivity contribution in [3.05, 3.63) is 29.3 Å². The molecule has 0 saturated heterocycles. The molecule has 0 N–H and O–H groups in total. The molecule has 1 atom stereocenters. The van der Waals surface area contributed by atoms with Crippen molar-refractivity contribution >= 4 is 5.78 Å². The zero-order chi connectivity index (χ0) is 13.9. The molecule has 96 valence electrons. The van der Waals surface area contributed by atoms with E-state index in [-0.39, 0.29) is 5.78 Å². The van der Waals surface area contributed by atoms with Gasteiger partial charge in [-0.15, -0.1) is 0 Å². The zero-order valence-corrected chi connectivity index (χ0v) is 11.6. The van der Waals surface area contributed by atoms with Gasteiger partial charge in [0.05, 0.1) is 13.2 Å². The molecular weight excluding hydrogens is 226 g/mol. The molecule has 1 aromatic rings. The summed E-state index contributed by atoms with van der Waals surface area (Å²) in [7, 11) is 1.55. The van der Waals surface area contributed by atoms with E-state index in [9.17, 15) is 10.1 Å². The van der Waals surface area contributed by atoms with Crippen molar-refractivity contribution in [2.45, 2.75) is 33.6 Å². The molecule has 1 rings (SSSR count). The number of rotatable bonds is 3. The van der Waals surface area contributed by atoms with Crippen molar-refractivity contribution in [3.8, 4) is 11.8 Å². The molecule has 3 heteroatoms. The summed E-state index contributed by atoms with van der Waals surface area (Å²) in [6, 6.07) is 7.64. The minimum atomic E-state index is -0.778. The summed E-state index contributed by atoms with van der Waals surface area (Å²) in [6.45, 7) is 7.39. The highest BCUT2D eigenvalue weighted by Crippen LogP contribution is 2.33. The van der Waals surface area contributed by atoms with Gasteiger partial charge in [-0.05, 0) is 13.0 Å². The lowest BCUT2D eigenvalue weighted by Gasteiger charge is -2.22. The summed E-state index contributed by atoms with van der Waals surface area (Å²) in [5.74, 6) is -0.279. The van der Waals surface area contributed by atoms with Crippen LogP contribution in [0, 0.1) is 23.7 Å². The second-order valence-corrected chi connectivity index (χ2v) is 5.42. The molecule has 0 aliphatic heterocycles. The second kappa shape index (κ2) is 5.22. The van der Waals surface area contributed by atoms with Crippen molar-refractivity contribution in [1.82, 2.24) is 0 Å². The number of methoxy groups -OCH3 is 1. The van der Waals surface area contributed by atoms with Crippen LogP contribution < -0.4 is 4.74 Å². The van der Waals surface area contributed by atoms with Gasteiger partial charge in [-0.1, -0.05) is 38.5 Å². The van der Waals surface area contributed by atoms with E-state index in [1.807, 2.05) is 39.8 Å². The van der Waals surface area contributed by atoms with E-state index < -0.39 is 11.3 Å². The Bertz CT molecular complexity index is 492. The van der Waals surface area contributed by atoms with Gasteiger partial charge in [0, 0.05) is 11.0 Å². The molecular formula is C15H19NO2. The zero-order valence-electron chi connectivity index (χ0n) is 11.6. The number of aryl methyl sites for hydroxylation is 1. The average molecular weight is 245 g/mol. The Hall–Kier alpha value is -1.82. The normalized spacial score (nSPS) is 12.7. The Balaban J connectivity index is 3.30. The van der Waals surface area contributed by atoms with Gasteiger partial charge in [0.2, 0.25) is 0 Å². The molecule has 0 spiro atoms. The third kappa shape index (κ3) is 2.89. The fraction of sp³-hybridized carbons (Fsp3) is 0.467. The lowest BCUT2D eigenvalue weighted by Crippen LogP contribution is -2.26. The highest BCUT2D eigenvalue weighted by atomic mass is 16.5. The molecule has 0 bridgehead atoms. The Morgan fingerprint density at radius 2 is 2.00 bits per heavy atom. The lowest BCUT2D eigenvalue weighted by molar-refractivity contribution is -0.126. The van der Waals surface area contributed by atoms with Crippen LogP contribution in [0.15, 0.2) is 18.2 Å². The van der Waals surface area contributed by atoms with Crippen LogP contribution in [0.4, 0.5) is 0 Å². The maximum absolute atomic E-state index is 12.3. The van der Waals surface area contributed by atoms with Crippen LogP contribution in [-0.4, -0.2) is 12.9 Å². The van der Waals surface area contributed by atoms with Crippen LogP contribution in [0.3, 0.4) is 0 Å². The molecule has 1 aromatic carbocycles. The summed E-state index contributed by atoms with van der Waals surface area (Å²) >= 11 is 0. The number of ketones is 1. The number of carbonyl (C=O) groups is 1. The standard InChI is InChI=1S/C15H19NO2/c1-10-6-7-13(18-5)11(8-10)12(9-16)14(17)15(2,3)4/h6-8,12H,1-5H3. The monoisotopic (exact) mass is 245 g/mol. The lowest BCUT2D eigenvalue weighted by atomic mass is 9.80. The number of hydrogen-bond acceptors (Lipinski definition) is 3. The molecule has 0 aromatic heterocycles. The quantitative estimate of drug-likeness (QED) is 0.821. The number of Topliss-reactive ketones (excluding diaryl/α,β-unsaturated/α-hetero) is 1. The Morgan fingerprint density at radius 1 is 1.39 bits per heavy atom. The van der Waals surface area contributed by atoms with Crippen LogP contribution in [0.5, 0.6) is 5.75 Å². The Labute approximate surface area is 108 Å². The van der Waals surface area contributed by atoms with Gasteiger partial charge in [0.25, 0.3) is 0 Å². The largest absolute Gasteiger partial charge is 0.496 e. The summed E-state index contributed by atoms with van der Waals surface area (Å²) < 4.78 is 5.24. The minimum Gasteiger partial charge on any atom is -0.496 e. The smallest absolute Gasteiger partial charge is 0.159 e. The van der Waals surface area contributed by atoms with E-state index in [0.29, 0.717) is 11.3 Å². The van der Waals surface area contributed by atoms with Gasteiger partial charge in [-0.25, -0.2) is 0 Å². The van der Waals surface area contributed by atoms with Crippen molar-refractivity contribution in [2.24, 2.45) is 5.41 Å². The van der Waals surface area contributed by atoms with E-state index in [2.05, 4.69) is 6.07 Å². The molecule has 0 aliphatic rings. The number of benzene rings is 1. The summed E-state index contributed by atoms with van der Waals surface area (Å²) in [5.41, 5.74) is 1.11. The number of nitriles is 1. The third-order valence-electron chi connectivity index (χ3n) is 2.83. The van der Waals surface area contributed by atoms with Crippen LogP contribution in [-0.2, 0) is 4.79 Å². The van der Waals surface area contributed by atoms with Crippen LogP contribution in [0.2, 0.25) is 0 Å². The molecule has 0 heterocycles. The topological polar surface area (TPSA) is 50.1 Å². The first kappa shape index (κ1) is 14.2. The predicted molar refractivity (Wildman–Crippen MR) is 70.5 cm³/mol. The first-order valence-corrected chi connectivity index (χ1v) is 5.89. The minimum absolute atomic E-state index is 0.0890. The number of nitrogens with zero attached hydrogens (tertiary/aromatic N) is 1. The third-order valence-corrected chi connectivity index (χ3v) is 2.83. The summed E-state index contributed by atoms with van der Waals surface area (Å²) in [5, 5.41) is 9.30. The van der Waals surface area contributed by atoms with Crippen molar-refractivity contribution < 1.29 is 9.53 Å². The van der Waals surface area contributed by atoms with Gasteiger partial charge in [0.15, 0.2) is 5.78 Å².